The van der Waals surface area contributed by atoms with Gasteiger partial charge in [0.1, 0.15) is 5.82 Å². The van der Waals surface area contributed by atoms with Crippen LogP contribution in [0.1, 0.15) is 36.7 Å². The molecule has 4 nitrogen and oxygen atoms in total. The molecule has 2 aromatic carbocycles. The highest BCUT2D eigenvalue weighted by Crippen LogP contribution is 2.21. The number of hydrogen-bond donors (Lipinski definition) is 2. The number of fused-ring (bicyclic) bond motifs is 1. The Morgan fingerprint density at radius 3 is 2.43 bits per heavy atom. The standard InChI is InChI=1S/C19H21N3O/c1-12-5-10-15-16(11-12)21-17(20-15)13-6-8-14(9-7-13)18(23)22-19(2,3)4/h5-11H,1-4H3,(H,20,21)(H,22,23). The van der Waals surface area contributed by atoms with E-state index < -0.39 is 0 Å². The molecule has 0 atom stereocenters. The summed E-state index contributed by atoms with van der Waals surface area (Å²) in [7, 11) is 0. The smallest absolute Gasteiger partial charge is 0.251 e. The normalized spacial score (nSPS) is 11.7. The number of H-pyrrole nitrogens is 1. The molecule has 23 heavy (non-hydrogen) atoms. The van der Waals surface area contributed by atoms with Gasteiger partial charge in [-0.3, -0.25) is 4.79 Å². The van der Waals surface area contributed by atoms with Crippen LogP contribution < -0.4 is 5.32 Å². The van der Waals surface area contributed by atoms with Crippen molar-refractivity contribution in [3.63, 3.8) is 0 Å². The highest BCUT2D eigenvalue weighted by molar-refractivity contribution is 5.95. The van der Waals surface area contributed by atoms with Crippen LogP contribution in [0.15, 0.2) is 42.5 Å². The van der Waals surface area contributed by atoms with Crippen molar-refractivity contribution >= 4 is 16.9 Å². The zero-order valence-electron chi connectivity index (χ0n) is 13.9. The van der Waals surface area contributed by atoms with Crippen molar-refractivity contribution in [1.82, 2.24) is 15.3 Å². The van der Waals surface area contributed by atoms with Gasteiger partial charge in [0.25, 0.3) is 5.91 Å². The van der Waals surface area contributed by atoms with E-state index in [0.717, 1.165) is 22.4 Å². The van der Waals surface area contributed by atoms with Crippen molar-refractivity contribution in [2.24, 2.45) is 0 Å². The van der Waals surface area contributed by atoms with Crippen LogP contribution in [0.25, 0.3) is 22.4 Å². The number of carbonyl (C=O) groups is 1. The summed E-state index contributed by atoms with van der Waals surface area (Å²) in [5.74, 6) is 0.748. The molecule has 118 valence electrons. The van der Waals surface area contributed by atoms with Gasteiger partial charge < -0.3 is 10.3 Å². The summed E-state index contributed by atoms with van der Waals surface area (Å²) in [6, 6.07) is 13.6. The van der Waals surface area contributed by atoms with Crippen molar-refractivity contribution in [3.8, 4) is 11.4 Å². The zero-order valence-corrected chi connectivity index (χ0v) is 13.9. The minimum atomic E-state index is -0.244. The molecule has 0 fully saturated rings. The Balaban J connectivity index is 1.87. The average molecular weight is 307 g/mol. The molecular formula is C19H21N3O. The van der Waals surface area contributed by atoms with Crippen LogP contribution in [-0.2, 0) is 0 Å². The molecule has 0 unspecified atom stereocenters. The fraction of sp³-hybridized carbons (Fsp3) is 0.263. The Morgan fingerprint density at radius 2 is 1.78 bits per heavy atom. The summed E-state index contributed by atoms with van der Waals surface area (Å²) in [6.45, 7) is 7.96. The van der Waals surface area contributed by atoms with Gasteiger partial charge in [-0.2, -0.15) is 0 Å². The van der Waals surface area contributed by atoms with E-state index in [1.54, 1.807) is 0 Å². The fourth-order valence-electron chi connectivity index (χ4n) is 2.45. The van der Waals surface area contributed by atoms with E-state index in [0.29, 0.717) is 5.56 Å². The second kappa shape index (κ2) is 5.54. The molecule has 1 aromatic heterocycles. The second-order valence-electron chi connectivity index (χ2n) is 6.89. The molecule has 0 bridgehead atoms. The number of benzene rings is 2. The third-order valence-electron chi connectivity index (χ3n) is 3.55. The van der Waals surface area contributed by atoms with Crippen LogP contribution in [0, 0.1) is 6.92 Å². The van der Waals surface area contributed by atoms with Crippen LogP contribution in [0.5, 0.6) is 0 Å². The zero-order chi connectivity index (χ0) is 16.6. The number of nitrogens with zero attached hydrogens (tertiary/aromatic N) is 1. The third-order valence-corrected chi connectivity index (χ3v) is 3.55. The lowest BCUT2D eigenvalue weighted by Gasteiger charge is -2.20. The monoisotopic (exact) mass is 307 g/mol. The highest BCUT2D eigenvalue weighted by atomic mass is 16.1. The Kier molecular flexibility index (Phi) is 3.68. The summed E-state index contributed by atoms with van der Waals surface area (Å²) >= 11 is 0. The number of amides is 1. The first-order valence-corrected chi connectivity index (χ1v) is 7.71. The molecule has 0 aliphatic rings. The summed E-state index contributed by atoms with van der Waals surface area (Å²) in [5.41, 5.74) is 4.53. The number of aromatic amines is 1. The van der Waals surface area contributed by atoms with Crippen LogP contribution in [0.4, 0.5) is 0 Å². The number of rotatable bonds is 2. The predicted octanol–water partition coefficient (Wildman–Crippen LogP) is 4.07. The summed E-state index contributed by atoms with van der Waals surface area (Å²) < 4.78 is 0. The second-order valence-corrected chi connectivity index (χ2v) is 6.89. The van der Waals surface area contributed by atoms with Crippen LogP contribution in [0.2, 0.25) is 0 Å². The minimum Gasteiger partial charge on any atom is -0.347 e. The van der Waals surface area contributed by atoms with E-state index in [9.17, 15) is 4.79 Å². The molecule has 0 radical (unpaired) electrons. The van der Waals surface area contributed by atoms with Crippen molar-refractivity contribution in [2.45, 2.75) is 33.2 Å². The Labute approximate surface area is 136 Å². The first-order chi connectivity index (χ1) is 10.8. The molecule has 1 amide bonds. The van der Waals surface area contributed by atoms with E-state index in [-0.39, 0.29) is 11.4 Å². The van der Waals surface area contributed by atoms with Gasteiger partial charge in [0, 0.05) is 16.7 Å². The maximum Gasteiger partial charge on any atom is 0.251 e. The van der Waals surface area contributed by atoms with Gasteiger partial charge in [0.05, 0.1) is 11.0 Å². The molecule has 0 saturated carbocycles. The van der Waals surface area contributed by atoms with Crippen molar-refractivity contribution < 1.29 is 4.79 Å². The number of aryl methyl sites for hydroxylation is 1. The van der Waals surface area contributed by atoms with E-state index >= 15 is 0 Å². The number of aromatic nitrogens is 2. The lowest BCUT2D eigenvalue weighted by Crippen LogP contribution is -2.40. The lowest BCUT2D eigenvalue weighted by molar-refractivity contribution is 0.0919. The number of carbonyl (C=O) groups excluding carboxylic acids is 1. The van der Waals surface area contributed by atoms with Gasteiger partial charge in [-0.05, 0) is 57.5 Å². The maximum atomic E-state index is 12.2. The molecule has 0 spiro atoms. The summed E-state index contributed by atoms with van der Waals surface area (Å²) in [6.07, 6.45) is 0. The van der Waals surface area contributed by atoms with Crippen molar-refractivity contribution in [2.75, 3.05) is 0 Å². The van der Waals surface area contributed by atoms with Gasteiger partial charge >= 0.3 is 0 Å². The SMILES string of the molecule is Cc1ccc2nc(-c3ccc(C(=O)NC(C)(C)C)cc3)[nH]c2c1. The highest BCUT2D eigenvalue weighted by Gasteiger charge is 2.15. The molecule has 3 rings (SSSR count). The molecule has 3 aromatic rings. The predicted molar refractivity (Wildman–Crippen MR) is 93.5 cm³/mol. The van der Waals surface area contributed by atoms with E-state index in [1.807, 2.05) is 57.2 Å². The van der Waals surface area contributed by atoms with Gasteiger partial charge in [0.15, 0.2) is 0 Å². The van der Waals surface area contributed by atoms with Gasteiger partial charge in [0.2, 0.25) is 0 Å². The average Bonchev–Trinajstić information content (AvgIpc) is 2.88. The Bertz CT molecular complexity index is 854. The molecular weight excluding hydrogens is 286 g/mol. The maximum absolute atomic E-state index is 12.2. The number of nitrogens with one attached hydrogen (secondary N) is 2. The van der Waals surface area contributed by atoms with Crippen LogP contribution in [-0.4, -0.2) is 21.4 Å². The van der Waals surface area contributed by atoms with Gasteiger partial charge in [-0.15, -0.1) is 0 Å². The van der Waals surface area contributed by atoms with Crippen molar-refractivity contribution in [3.05, 3.63) is 53.6 Å². The molecule has 0 aliphatic heterocycles. The first-order valence-electron chi connectivity index (χ1n) is 7.71. The number of hydrogen-bond acceptors (Lipinski definition) is 2. The van der Waals surface area contributed by atoms with E-state index in [4.69, 9.17) is 0 Å². The lowest BCUT2D eigenvalue weighted by atomic mass is 10.1. The van der Waals surface area contributed by atoms with E-state index in [2.05, 4.69) is 28.3 Å². The molecule has 0 saturated heterocycles. The van der Waals surface area contributed by atoms with Crippen LogP contribution in [0.3, 0.4) is 0 Å². The molecule has 2 N–H and O–H groups in total. The topological polar surface area (TPSA) is 57.8 Å². The van der Waals surface area contributed by atoms with Crippen molar-refractivity contribution in [1.29, 1.82) is 0 Å². The molecule has 0 aliphatic carbocycles. The molecule has 1 heterocycles. The third kappa shape index (κ3) is 3.42. The largest absolute Gasteiger partial charge is 0.347 e. The van der Waals surface area contributed by atoms with Gasteiger partial charge in [-0.25, -0.2) is 4.98 Å². The minimum absolute atomic E-state index is 0.0655. The molecule has 4 heteroatoms. The fourth-order valence-corrected chi connectivity index (χ4v) is 2.45. The summed E-state index contributed by atoms with van der Waals surface area (Å²) in [5, 5.41) is 2.96. The first kappa shape index (κ1) is 15.3. The van der Waals surface area contributed by atoms with Crippen LogP contribution >= 0.6 is 0 Å². The number of imidazole rings is 1. The Morgan fingerprint density at radius 1 is 1.09 bits per heavy atom. The quantitative estimate of drug-likeness (QED) is 0.750. The van der Waals surface area contributed by atoms with Gasteiger partial charge in [-0.1, -0.05) is 18.2 Å². The van der Waals surface area contributed by atoms with E-state index in [1.165, 1.54) is 5.56 Å². The summed E-state index contributed by atoms with van der Waals surface area (Å²) in [4.78, 5) is 20.1. The Hall–Kier alpha value is -2.62.